The zero-order valence-electron chi connectivity index (χ0n) is 14.9. The summed E-state index contributed by atoms with van der Waals surface area (Å²) >= 11 is 0. The Balaban J connectivity index is 1.97. The van der Waals surface area contributed by atoms with E-state index in [1.807, 2.05) is 0 Å². The zero-order chi connectivity index (χ0) is 19.2. The molecule has 0 heterocycles. The second kappa shape index (κ2) is 9.15. The predicted octanol–water partition coefficient (Wildman–Crippen LogP) is 2.29. The summed E-state index contributed by atoms with van der Waals surface area (Å²) in [6.45, 7) is 2.29. The maximum Gasteiger partial charge on any atom is 0.240 e. The van der Waals surface area contributed by atoms with Crippen molar-refractivity contribution >= 4 is 15.9 Å². The molecule has 2 rings (SSSR count). The van der Waals surface area contributed by atoms with Gasteiger partial charge in [0.1, 0.15) is 11.6 Å². The molecule has 1 aromatic rings. The fourth-order valence-corrected chi connectivity index (χ4v) is 4.41. The number of amides is 1. The van der Waals surface area contributed by atoms with Gasteiger partial charge >= 0.3 is 0 Å². The fraction of sp³-hybridized carbons (Fsp3) is 0.526. The van der Waals surface area contributed by atoms with Crippen LogP contribution in [0.5, 0.6) is 0 Å². The van der Waals surface area contributed by atoms with Gasteiger partial charge in [-0.05, 0) is 49.3 Å². The lowest BCUT2D eigenvalue weighted by molar-refractivity contribution is -0.128. The van der Waals surface area contributed by atoms with Crippen LogP contribution in [0.15, 0.2) is 24.3 Å². The number of hydrogen-bond donors (Lipinski definition) is 1. The van der Waals surface area contributed by atoms with E-state index in [0.29, 0.717) is 11.5 Å². The summed E-state index contributed by atoms with van der Waals surface area (Å²) in [5, 5.41) is 0. The third-order valence-corrected chi connectivity index (χ3v) is 5.92. The van der Waals surface area contributed by atoms with Crippen LogP contribution in [0.2, 0.25) is 0 Å². The Labute approximate surface area is 155 Å². The fourth-order valence-electron chi connectivity index (χ4n) is 3.08. The lowest BCUT2D eigenvalue weighted by atomic mass is 9.88. The van der Waals surface area contributed by atoms with E-state index >= 15 is 0 Å². The topological polar surface area (TPSA) is 66.5 Å². The van der Waals surface area contributed by atoms with Gasteiger partial charge in [0.25, 0.3) is 0 Å². The van der Waals surface area contributed by atoms with Crippen LogP contribution in [-0.4, -0.2) is 37.6 Å². The predicted molar refractivity (Wildman–Crippen MR) is 99.0 cm³/mol. The van der Waals surface area contributed by atoms with Crippen LogP contribution in [0, 0.1) is 24.1 Å². The Morgan fingerprint density at radius 3 is 2.46 bits per heavy atom. The molecule has 1 aromatic carbocycles. The van der Waals surface area contributed by atoms with Crippen molar-refractivity contribution in [1.29, 1.82) is 0 Å². The minimum atomic E-state index is -3.73. The Bertz CT molecular complexity index is 748. The molecule has 0 aliphatic heterocycles. The Morgan fingerprint density at radius 2 is 1.88 bits per heavy atom. The van der Waals surface area contributed by atoms with Crippen molar-refractivity contribution in [2.75, 3.05) is 12.3 Å². The van der Waals surface area contributed by atoms with Crippen molar-refractivity contribution in [2.24, 2.45) is 5.92 Å². The lowest BCUT2D eigenvalue weighted by Gasteiger charge is -2.27. The van der Waals surface area contributed by atoms with E-state index in [-0.39, 0.29) is 24.9 Å². The highest BCUT2D eigenvalue weighted by Crippen LogP contribution is 2.23. The molecule has 1 aliphatic rings. The van der Waals surface area contributed by atoms with E-state index in [1.165, 1.54) is 17.0 Å². The van der Waals surface area contributed by atoms with Gasteiger partial charge in [0.2, 0.25) is 15.9 Å². The van der Waals surface area contributed by atoms with E-state index in [9.17, 15) is 17.6 Å². The number of carbonyl (C=O) groups excluding carboxylic acids is 1. The second-order valence-corrected chi connectivity index (χ2v) is 8.67. The SMILES string of the molecule is C#CCN(Cc1ccc(F)cc1)C(=O)CS(=O)(=O)NC1CCC(C)CC1. The van der Waals surface area contributed by atoms with Gasteiger partial charge in [-0.3, -0.25) is 4.79 Å². The van der Waals surface area contributed by atoms with Crippen LogP contribution in [0.25, 0.3) is 0 Å². The Kier molecular flexibility index (Phi) is 7.18. The van der Waals surface area contributed by atoms with Gasteiger partial charge in [-0.25, -0.2) is 17.5 Å². The molecule has 142 valence electrons. The molecule has 5 nitrogen and oxygen atoms in total. The number of nitrogens with zero attached hydrogens (tertiary/aromatic N) is 1. The maximum absolute atomic E-state index is 13.0. The highest BCUT2D eigenvalue weighted by Gasteiger charge is 2.26. The molecular weight excluding hydrogens is 355 g/mol. The molecule has 0 atom stereocenters. The van der Waals surface area contributed by atoms with Gasteiger partial charge < -0.3 is 4.90 Å². The number of terminal acetylenes is 1. The van der Waals surface area contributed by atoms with Gasteiger partial charge in [-0.1, -0.05) is 25.0 Å². The molecule has 0 radical (unpaired) electrons. The van der Waals surface area contributed by atoms with Crippen molar-refractivity contribution < 1.29 is 17.6 Å². The van der Waals surface area contributed by atoms with Gasteiger partial charge in [0, 0.05) is 12.6 Å². The zero-order valence-corrected chi connectivity index (χ0v) is 15.8. The molecule has 26 heavy (non-hydrogen) atoms. The minimum absolute atomic E-state index is 0.00727. The summed E-state index contributed by atoms with van der Waals surface area (Å²) in [5.41, 5.74) is 0.682. The number of sulfonamides is 1. The summed E-state index contributed by atoms with van der Waals surface area (Å²) in [5.74, 6) is 1.40. The number of nitrogens with one attached hydrogen (secondary N) is 1. The Morgan fingerprint density at radius 1 is 1.27 bits per heavy atom. The largest absolute Gasteiger partial charge is 0.326 e. The molecular formula is C19H25FN2O3S. The summed E-state index contributed by atoms with van der Waals surface area (Å²) < 4.78 is 40.3. The first-order valence-corrected chi connectivity index (χ1v) is 10.4. The highest BCUT2D eigenvalue weighted by molar-refractivity contribution is 7.90. The average molecular weight is 380 g/mol. The van der Waals surface area contributed by atoms with Crippen LogP contribution >= 0.6 is 0 Å². The summed E-state index contributed by atoms with van der Waals surface area (Å²) in [6, 6.07) is 5.55. The molecule has 1 saturated carbocycles. The van der Waals surface area contributed by atoms with Crippen LogP contribution < -0.4 is 4.72 Å². The average Bonchev–Trinajstić information content (AvgIpc) is 2.58. The third-order valence-electron chi connectivity index (χ3n) is 4.60. The van der Waals surface area contributed by atoms with Gasteiger partial charge in [-0.15, -0.1) is 6.42 Å². The van der Waals surface area contributed by atoms with Crippen LogP contribution in [0.4, 0.5) is 4.39 Å². The van der Waals surface area contributed by atoms with Crippen molar-refractivity contribution in [3.8, 4) is 12.3 Å². The molecule has 1 fully saturated rings. The second-order valence-electron chi connectivity index (χ2n) is 6.91. The smallest absolute Gasteiger partial charge is 0.240 e. The minimum Gasteiger partial charge on any atom is -0.326 e. The molecule has 1 N–H and O–H groups in total. The summed E-state index contributed by atoms with van der Waals surface area (Å²) in [7, 11) is -3.73. The number of hydrogen-bond acceptors (Lipinski definition) is 3. The first-order chi connectivity index (χ1) is 12.3. The Hall–Kier alpha value is -1.91. The molecule has 1 amide bonds. The van der Waals surface area contributed by atoms with E-state index in [1.54, 1.807) is 12.1 Å². The number of benzene rings is 1. The number of halogens is 1. The molecule has 7 heteroatoms. The van der Waals surface area contributed by atoms with E-state index < -0.39 is 21.7 Å². The summed E-state index contributed by atoms with van der Waals surface area (Å²) in [6.07, 6.45) is 8.84. The van der Waals surface area contributed by atoms with Gasteiger partial charge in [0.05, 0.1) is 6.54 Å². The molecule has 0 unspecified atom stereocenters. The molecule has 0 saturated heterocycles. The maximum atomic E-state index is 13.0. The first kappa shape index (κ1) is 20.4. The molecule has 0 spiro atoms. The summed E-state index contributed by atoms with van der Waals surface area (Å²) in [4.78, 5) is 13.7. The number of carbonyl (C=O) groups is 1. The number of rotatable bonds is 7. The van der Waals surface area contributed by atoms with Gasteiger partial charge in [0.15, 0.2) is 0 Å². The first-order valence-electron chi connectivity index (χ1n) is 8.75. The quantitative estimate of drug-likeness (QED) is 0.738. The van der Waals surface area contributed by atoms with E-state index in [2.05, 4.69) is 17.6 Å². The van der Waals surface area contributed by atoms with Crippen LogP contribution in [0.1, 0.15) is 38.2 Å². The van der Waals surface area contributed by atoms with Crippen molar-refractivity contribution in [3.63, 3.8) is 0 Å². The van der Waals surface area contributed by atoms with Crippen LogP contribution in [0.3, 0.4) is 0 Å². The third kappa shape index (κ3) is 6.43. The van der Waals surface area contributed by atoms with E-state index in [0.717, 1.165) is 25.7 Å². The van der Waals surface area contributed by atoms with Crippen molar-refractivity contribution in [2.45, 2.75) is 45.2 Å². The van der Waals surface area contributed by atoms with Crippen LogP contribution in [-0.2, 0) is 21.4 Å². The lowest BCUT2D eigenvalue weighted by Crippen LogP contribution is -2.43. The monoisotopic (exact) mass is 380 g/mol. The van der Waals surface area contributed by atoms with Crippen molar-refractivity contribution in [3.05, 3.63) is 35.6 Å². The standard InChI is InChI=1S/C19H25FN2O3S/c1-3-12-22(13-16-6-8-17(20)9-7-16)19(23)14-26(24,25)21-18-10-4-15(2)5-11-18/h1,6-9,15,18,21H,4-5,10-14H2,2H3. The molecule has 0 aromatic heterocycles. The molecule has 1 aliphatic carbocycles. The molecule has 0 bridgehead atoms. The highest BCUT2D eigenvalue weighted by atomic mass is 32.2. The van der Waals surface area contributed by atoms with E-state index in [4.69, 9.17) is 6.42 Å². The normalized spacial score (nSPS) is 20.3. The van der Waals surface area contributed by atoms with Gasteiger partial charge in [-0.2, -0.15) is 0 Å². The van der Waals surface area contributed by atoms with Crippen molar-refractivity contribution in [1.82, 2.24) is 9.62 Å².